The molecular formula is C15H23FN2. The maximum Gasteiger partial charge on any atom is 0.126 e. The number of hydrogen-bond acceptors (Lipinski definition) is 2. The molecule has 0 amide bonds. The lowest BCUT2D eigenvalue weighted by Gasteiger charge is -2.36. The van der Waals surface area contributed by atoms with Gasteiger partial charge in [0.25, 0.3) is 0 Å². The molecule has 2 N–H and O–H groups in total. The fourth-order valence-corrected chi connectivity index (χ4v) is 2.72. The summed E-state index contributed by atoms with van der Waals surface area (Å²) in [6.07, 6.45) is 2.42. The van der Waals surface area contributed by atoms with Crippen LogP contribution in [0.4, 0.5) is 4.39 Å². The van der Waals surface area contributed by atoms with Gasteiger partial charge in [-0.15, -0.1) is 0 Å². The molecule has 0 spiro atoms. The summed E-state index contributed by atoms with van der Waals surface area (Å²) in [4.78, 5) is 2.42. The molecule has 0 radical (unpaired) electrons. The van der Waals surface area contributed by atoms with Gasteiger partial charge in [-0.25, -0.2) is 4.39 Å². The molecule has 1 aromatic rings. The predicted octanol–water partition coefficient (Wildman–Crippen LogP) is 2.87. The van der Waals surface area contributed by atoms with Gasteiger partial charge in [-0.05, 0) is 62.9 Å². The molecule has 0 bridgehead atoms. The van der Waals surface area contributed by atoms with Crippen LogP contribution in [0.3, 0.4) is 0 Å². The molecule has 1 fully saturated rings. The second-order valence-corrected chi connectivity index (χ2v) is 5.42. The molecule has 2 rings (SSSR count). The number of likely N-dealkylation sites (tertiary alicyclic amines) is 1. The average molecular weight is 250 g/mol. The highest BCUT2D eigenvalue weighted by molar-refractivity contribution is 5.25. The zero-order chi connectivity index (χ0) is 13.1. The van der Waals surface area contributed by atoms with Crippen LogP contribution in [-0.4, -0.2) is 24.5 Å². The summed E-state index contributed by atoms with van der Waals surface area (Å²) in [5.41, 5.74) is 7.54. The highest BCUT2D eigenvalue weighted by Gasteiger charge is 2.23. The molecule has 1 heterocycles. The number of rotatable bonds is 3. The van der Waals surface area contributed by atoms with Crippen molar-refractivity contribution in [2.75, 3.05) is 19.6 Å². The largest absolute Gasteiger partial charge is 0.330 e. The van der Waals surface area contributed by atoms with E-state index in [1.54, 1.807) is 13.0 Å². The van der Waals surface area contributed by atoms with Crippen LogP contribution < -0.4 is 5.73 Å². The molecule has 0 aromatic heterocycles. The maximum absolute atomic E-state index is 13.6. The Labute approximate surface area is 109 Å². The van der Waals surface area contributed by atoms with E-state index in [1.165, 1.54) is 12.8 Å². The summed E-state index contributed by atoms with van der Waals surface area (Å²) in [5, 5.41) is 0. The lowest BCUT2D eigenvalue weighted by molar-refractivity contribution is 0.134. The van der Waals surface area contributed by atoms with Crippen LogP contribution in [0.15, 0.2) is 18.2 Å². The number of piperidine rings is 1. The Balaban J connectivity index is 2.10. The van der Waals surface area contributed by atoms with Gasteiger partial charge in [-0.3, -0.25) is 4.90 Å². The standard InChI is InChI=1S/C15H23FN2/c1-11-5-6-14(8-15(11)16)12(2)18-7-3-4-13(9-17)10-18/h5-6,8,12-13H,3-4,7,9-10,17H2,1-2H3. The van der Waals surface area contributed by atoms with E-state index in [4.69, 9.17) is 5.73 Å². The zero-order valence-corrected chi connectivity index (χ0v) is 11.3. The van der Waals surface area contributed by atoms with Crippen molar-refractivity contribution in [3.63, 3.8) is 0 Å². The Hall–Kier alpha value is -0.930. The van der Waals surface area contributed by atoms with Crippen molar-refractivity contribution in [1.82, 2.24) is 4.90 Å². The minimum Gasteiger partial charge on any atom is -0.330 e. The topological polar surface area (TPSA) is 29.3 Å². The summed E-state index contributed by atoms with van der Waals surface area (Å²) >= 11 is 0. The fraction of sp³-hybridized carbons (Fsp3) is 0.600. The smallest absolute Gasteiger partial charge is 0.126 e. The van der Waals surface area contributed by atoms with E-state index in [0.29, 0.717) is 11.5 Å². The third-order valence-corrected chi connectivity index (χ3v) is 4.11. The highest BCUT2D eigenvalue weighted by Crippen LogP contribution is 2.27. The zero-order valence-electron chi connectivity index (χ0n) is 11.3. The number of halogens is 1. The Morgan fingerprint density at radius 1 is 1.50 bits per heavy atom. The summed E-state index contributed by atoms with van der Waals surface area (Å²) in [7, 11) is 0. The van der Waals surface area contributed by atoms with E-state index in [0.717, 1.165) is 25.2 Å². The Morgan fingerprint density at radius 2 is 2.28 bits per heavy atom. The number of hydrogen-bond donors (Lipinski definition) is 1. The van der Waals surface area contributed by atoms with Crippen molar-refractivity contribution in [2.45, 2.75) is 32.7 Å². The second-order valence-electron chi connectivity index (χ2n) is 5.42. The molecule has 0 saturated carbocycles. The van der Waals surface area contributed by atoms with Crippen molar-refractivity contribution >= 4 is 0 Å². The van der Waals surface area contributed by atoms with Crippen LogP contribution >= 0.6 is 0 Å². The van der Waals surface area contributed by atoms with Crippen molar-refractivity contribution < 1.29 is 4.39 Å². The van der Waals surface area contributed by atoms with Crippen molar-refractivity contribution in [2.24, 2.45) is 11.7 Å². The first-order valence-electron chi connectivity index (χ1n) is 6.82. The van der Waals surface area contributed by atoms with E-state index in [1.807, 2.05) is 12.1 Å². The Morgan fingerprint density at radius 3 is 2.94 bits per heavy atom. The molecule has 18 heavy (non-hydrogen) atoms. The first-order valence-corrected chi connectivity index (χ1v) is 6.82. The van der Waals surface area contributed by atoms with Gasteiger partial charge in [0.1, 0.15) is 5.82 Å². The third-order valence-electron chi connectivity index (χ3n) is 4.11. The van der Waals surface area contributed by atoms with Crippen LogP contribution in [0.1, 0.15) is 36.9 Å². The van der Waals surface area contributed by atoms with Gasteiger partial charge in [-0.1, -0.05) is 12.1 Å². The summed E-state index contributed by atoms with van der Waals surface area (Å²) in [5.74, 6) is 0.489. The highest BCUT2D eigenvalue weighted by atomic mass is 19.1. The summed E-state index contributed by atoms with van der Waals surface area (Å²) in [6, 6.07) is 5.85. The molecule has 3 heteroatoms. The van der Waals surface area contributed by atoms with Gasteiger partial charge in [0, 0.05) is 12.6 Å². The van der Waals surface area contributed by atoms with Gasteiger partial charge >= 0.3 is 0 Å². The molecule has 1 saturated heterocycles. The minimum absolute atomic E-state index is 0.105. The molecule has 2 atom stereocenters. The first kappa shape index (κ1) is 13.5. The molecule has 1 aliphatic rings. The Kier molecular flexibility index (Phi) is 4.36. The predicted molar refractivity (Wildman–Crippen MR) is 72.9 cm³/mol. The lowest BCUT2D eigenvalue weighted by Crippen LogP contribution is -2.39. The maximum atomic E-state index is 13.6. The Bertz CT molecular complexity index is 405. The minimum atomic E-state index is -0.105. The quantitative estimate of drug-likeness (QED) is 0.893. The average Bonchev–Trinajstić information content (AvgIpc) is 2.41. The van der Waals surface area contributed by atoms with Gasteiger partial charge in [-0.2, -0.15) is 0 Å². The van der Waals surface area contributed by atoms with E-state index in [9.17, 15) is 4.39 Å². The number of nitrogens with two attached hydrogens (primary N) is 1. The van der Waals surface area contributed by atoms with Crippen LogP contribution in [0.2, 0.25) is 0 Å². The molecular weight excluding hydrogens is 227 g/mol. The van der Waals surface area contributed by atoms with E-state index in [2.05, 4.69) is 11.8 Å². The first-order chi connectivity index (χ1) is 8.61. The van der Waals surface area contributed by atoms with Crippen LogP contribution in [0, 0.1) is 18.7 Å². The monoisotopic (exact) mass is 250 g/mol. The lowest BCUT2D eigenvalue weighted by atomic mass is 9.95. The van der Waals surface area contributed by atoms with Crippen molar-refractivity contribution in [3.8, 4) is 0 Å². The van der Waals surface area contributed by atoms with Gasteiger partial charge in [0.15, 0.2) is 0 Å². The molecule has 0 aliphatic carbocycles. The van der Waals surface area contributed by atoms with Crippen LogP contribution in [-0.2, 0) is 0 Å². The van der Waals surface area contributed by atoms with Gasteiger partial charge in [0.05, 0.1) is 0 Å². The van der Waals surface area contributed by atoms with E-state index < -0.39 is 0 Å². The SMILES string of the molecule is Cc1ccc(C(C)N2CCCC(CN)C2)cc1F. The van der Waals surface area contributed by atoms with Crippen LogP contribution in [0.5, 0.6) is 0 Å². The van der Waals surface area contributed by atoms with Gasteiger partial charge in [0.2, 0.25) is 0 Å². The van der Waals surface area contributed by atoms with E-state index >= 15 is 0 Å². The van der Waals surface area contributed by atoms with Crippen molar-refractivity contribution in [3.05, 3.63) is 35.1 Å². The normalized spacial score (nSPS) is 23.0. The molecule has 2 unspecified atom stereocenters. The summed E-state index contributed by atoms with van der Waals surface area (Å²) < 4.78 is 13.6. The van der Waals surface area contributed by atoms with Gasteiger partial charge < -0.3 is 5.73 Å². The van der Waals surface area contributed by atoms with Crippen molar-refractivity contribution in [1.29, 1.82) is 0 Å². The fourth-order valence-electron chi connectivity index (χ4n) is 2.72. The molecule has 1 aromatic carbocycles. The third kappa shape index (κ3) is 2.90. The molecule has 1 aliphatic heterocycles. The number of benzene rings is 1. The number of nitrogens with zero attached hydrogens (tertiary/aromatic N) is 1. The second kappa shape index (κ2) is 5.81. The molecule has 2 nitrogen and oxygen atoms in total. The molecule has 100 valence electrons. The van der Waals surface area contributed by atoms with Crippen LogP contribution in [0.25, 0.3) is 0 Å². The summed E-state index contributed by atoms with van der Waals surface area (Å²) in [6.45, 7) is 6.84. The van der Waals surface area contributed by atoms with E-state index in [-0.39, 0.29) is 11.9 Å². The number of aryl methyl sites for hydroxylation is 1.